The van der Waals surface area contributed by atoms with Crippen LogP contribution in [0.15, 0.2) is 79.0 Å². The van der Waals surface area contributed by atoms with Crippen molar-refractivity contribution in [2.75, 3.05) is 28.4 Å². The van der Waals surface area contributed by atoms with E-state index in [1.54, 1.807) is 28.4 Å². The van der Waals surface area contributed by atoms with Crippen molar-refractivity contribution in [1.82, 2.24) is 0 Å². The second-order valence-corrected chi connectivity index (χ2v) is 9.79. The lowest BCUT2D eigenvalue weighted by atomic mass is 9.81. The van der Waals surface area contributed by atoms with E-state index in [2.05, 4.69) is 78.5 Å². The predicted molar refractivity (Wildman–Crippen MR) is 155 cm³/mol. The van der Waals surface area contributed by atoms with Crippen molar-refractivity contribution in [3.63, 3.8) is 0 Å². The molecular weight excluding hydrogens is 486 g/mol. The van der Waals surface area contributed by atoms with Crippen LogP contribution in [0.4, 0.5) is 0 Å². The van der Waals surface area contributed by atoms with Gasteiger partial charge in [0.05, 0.1) is 39.4 Å². The number of hydrogen-bond acceptors (Lipinski definition) is 4. The van der Waals surface area contributed by atoms with Gasteiger partial charge in [-0.25, -0.2) is 0 Å². The van der Waals surface area contributed by atoms with E-state index in [0.717, 1.165) is 57.9 Å². The van der Waals surface area contributed by atoms with Crippen molar-refractivity contribution in [1.29, 1.82) is 0 Å². The molecule has 0 saturated heterocycles. The molecule has 39 heavy (non-hydrogen) atoms. The Bertz CT molecular complexity index is 1690. The van der Waals surface area contributed by atoms with Gasteiger partial charge in [-0.15, -0.1) is 0 Å². The minimum atomic E-state index is 0.721. The van der Waals surface area contributed by atoms with Crippen LogP contribution in [0.3, 0.4) is 0 Å². The Morgan fingerprint density at radius 2 is 1.23 bits per heavy atom. The van der Waals surface area contributed by atoms with E-state index in [1.807, 2.05) is 12.1 Å². The number of methoxy groups -OCH3 is 4. The highest BCUT2D eigenvalue weighted by Gasteiger charge is 2.33. The van der Waals surface area contributed by atoms with Gasteiger partial charge < -0.3 is 18.9 Å². The Morgan fingerprint density at radius 1 is 0.590 bits per heavy atom. The van der Waals surface area contributed by atoms with Crippen molar-refractivity contribution in [3.05, 3.63) is 90.1 Å². The molecular formula is C34H32NO4+. The number of aryl methyl sites for hydroxylation is 2. The highest BCUT2D eigenvalue weighted by atomic mass is 16.5. The fourth-order valence-electron chi connectivity index (χ4n) is 6.07. The summed E-state index contributed by atoms with van der Waals surface area (Å²) in [7, 11) is 8.88. The third-order valence-electron chi connectivity index (χ3n) is 7.81. The van der Waals surface area contributed by atoms with E-state index in [-0.39, 0.29) is 0 Å². The summed E-state index contributed by atoms with van der Waals surface area (Å²) in [4.78, 5) is 0. The number of benzene rings is 4. The molecule has 196 valence electrons. The molecule has 0 atom stereocenters. The van der Waals surface area contributed by atoms with Gasteiger partial charge in [0.25, 0.3) is 0 Å². The van der Waals surface area contributed by atoms with Crippen LogP contribution in [-0.2, 0) is 19.9 Å². The van der Waals surface area contributed by atoms with Gasteiger partial charge in [0.1, 0.15) is 7.05 Å². The van der Waals surface area contributed by atoms with Crippen molar-refractivity contribution in [2.24, 2.45) is 7.05 Å². The number of ether oxygens (including phenoxy) is 4. The first-order chi connectivity index (χ1) is 19.1. The van der Waals surface area contributed by atoms with E-state index < -0.39 is 0 Å². The van der Waals surface area contributed by atoms with Crippen LogP contribution in [0.1, 0.15) is 11.1 Å². The maximum absolute atomic E-state index is 5.98. The van der Waals surface area contributed by atoms with Crippen LogP contribution >= 0.6 is 0 Å². The Balaban J connectivity index is 1.58. The molecule has 5 aromatic rings. The van der Waals surface area contributed by atoms with Gasteiger partial charge in [-0.2, -0.15) is 4.57 Å². The van der Waals surface area contributed by atoms with E-state index in [4.69, 9.17) is 18.9 Å². The number of aromatic nitrogens is 1. The second kappa shape index (κ2) is 9.99. The molecule has 0 fully saturated rings. The smallest absolute Gasteiger partial charge is 0.216 e. The number of fused-ring (bicyclic) bond motifs is 5. The molecule has 5 nitrogen and oxygen atoms in total. The first kappa shape index (κ1) is 24.8. The molecule has 4 aromatic carbocycles. The monoisotopic (exact) mass is 518 g/mol. The summed E-state index contributed by atoms with van der Waals surface area (Å²) in [6.07, 6.45) is 3.91. The summed E-state index contributed by atoms with van der Waals surface area (Å²) in [6.45, 7) is 0. The molecule has 0 aliphatic heterocycles. The average Bonchev–Trinajstić information content (AvgIpc) is 2.99. The van der Waals surface area contributed by atoms with E-state index in [1.165, 1.54) is 33.3 Å². The fourth-order valence-corrected chi connectivity index (χ4v) is 6.07. The summed E-state index contributed by atoms with van der Waals surface area (Å²) < 4.78 is 25.4. The highest BCUT2D eigenvalue weighted by molar-refractivity contribution is 5.97. The average molecular weight is 519 g/mol. The van der Waals surface area contributed by atoms with Crippen LogP contribution < -0.4 is 23.5 Å². The summed E-state index contributed by atoms with van der Waals surface area (Å²) in [5, 5.41) is 2.22. The van der Waals surface area contributed by atoms with E-state index >= 15 is 0 Å². The van der Waals surface area contributed by atoms with Crippen LogP contribution in [-0.4, -0.2) is 28.4 Å². The third kappa shape index (κ3) is 3.97. The van der Waals surface area contributed by atoms with Crippen molar-refractivity contribution in [2.45, 2.75) is 12.8 Å². The van der Waals surface area contributed by atoms with Crippen LogP contribution in [0.2, 0.25) is 0 Å². The zero-order valence-corrected chi connectivity index (χ0v) is 23.0. The van der Waals surface area contributed by atoms with Crippen LogP contribution in [0.25, 0.3) is 44.3 Å². The van der Waals surface area contributed by atoms with Gasteiger partial charge >= 0.3 is 0 Å². The van der Waals surface area contributed by atoms with E-state index in [9.17, 15) is 0 Å². The first-order valence-electron chi connectivity index (χ1n) is 13.1. The van der Waals surface area contributed by atoms with Gasteiger partial charge in [-0.3, -0.25) is 0 Å². The molecule has 0 N–H and O–H groups in total. The predicted octanol–water partition coefficient (Wildman–Crippen LogP) is 6.80. The SMILES string of the molecule is COc1cc2c(c(-c3ccc(-c4ccccc4)cc3)c1OC)CCc1c-2[n+](C)cc2c(OC)c(OC)ccc12. The number of rotatable bonds is 6. The number of pyridine rings is 1. The lowest BCUT2D eigenvalue weighted by Crippen LogP contribution is -2.34. The Hall–Kier alpha value is -4.51. The highest BCUT2D eigenvalue weighted by Crippen LogP contribution is 2.49. The number of hydrogen-bond donors (Lipinski definition) is 0. The molecule has 1 heterocycles. The van der Waals surface area contributed by atoms with Gasteiger partial charge in [0, 0.05) is 16.5 Å². The fraction of sp³-hybridized carbons (Fsp3) is 0.206. The zero-order valence-electron chi connectivity index (χ0n) is 23.0. The lowest BCUT2D eigenvalue weighted by molar-refractivity contribution is -0.659. The molecule has 1 aliphatic rings. The van der Waals surface area contributed by atoms with Crippen molar-refractivity contribution in [3.8, 4) is 56.5 Å². The first-order valence-corrected chi connectivity index (χ1v) is 13.1. The standard InChI is InChI=1S/C34H32NO4/c1-35-20-28-24(17-18-29(36-2)33(28)38-4)26-16-15-25-27(32(26)35)19-30(37-3)34(39-5)31(25)23-13-11-22(12-14-23)21-9-7-6-8-10-21/h6-14,17-20H,15-16H2,1-5H3/q+1. The third-order valence-corrected chi connectivity index (χ3v) is 7.81. The van der Waals surface area contributed by atoms with Crippen molar-refractivity contribution >= 4 is 10.8 Å². The van der Waals surface area contributed by atoms with Gasteiger partial charge in [0.2, 0.25) is 5.69 Å². The Kier molecular flexibility index (Phi) is 6.35. The largest absolute Gasteiger partial charge is 0.493 e. The minimum Gasteiger partial charge on any atom is -0.493 e. The molecule has 0 spiro atoms. The van der Waals surface area contributed by atoms with Crippen LogP contribution in [0.5, 0.6) is 23.0 Å². The maximum atomic E-state index is 5.98. The minimum absolute atomic E-state index is 0.721. The molecule has 6 rings (SSSR count). The van der Waals surface area contributed by atoms with Gasteiger partial charge in [-0.05, 0) is 53.3 Å². The molecule has 0 unspecified atom stereocenters. The summed E-state index contributed by atoms with van der Waals surface area (Å²) in [6, 6.07) is 25.4. The summed E-state index contributed by atoms with van der Waals surface area (Å²) in [5.74, 6) is 2.97. The Labute approximate surface area is 229 Å². The summed E-state index contributed by atoms with van der Waals surface area (Å²) >= 11 is 0. The normalized spacial score (nSPS) is 12.0. The second-order valence-electron chi connectivity index (χ2n) is 9.79. The molecule has 1 aromatic heterocycles. The van der Waals surface area contributed by atoms with E-state index in [0.29, 0.717) is 0 Å². The van der Waals surface area contributed by atoms with Gasteiger partial charge in [-0.1, -0.05) is 54.6 Å². The maximum Gasteiger partial charge on any atom is 0.216 e. The lowest BCUT2D eigenvalue weighted by Gasteiger charge is -2.25. The van der Waals surface area contributed by atoms with Gasteiger partial charge in [0.15, 0.2) is 29.2 Å². The summed E-state index contributed by atoms with van der Waals surface area (Å²) in [5.41, 5.74) is 9.48. The van der Waals surface area contributed by atoms with Crippen molar-refractivity contribution < 1.29 is 23.5 Å². The quantitative estimate of drug-likeness (QED) is 0.232. The molecule has 0 radical (unpaired) electrons. The molecule has 0 saturated carbocycles. The Morgan fingerprint density at radius 3 is 1.90 bits per heavy atom. The molecule has 0 amide bonds. The molecule has 0 bridgehead atoms. The number of nitrogens with zero attached hydrogens (tertiary/aromatic N) is 1. The molecule has 1 aliphatic carbocycles. The molecule has 5 heteroatoms. The topological polar surface area (TPSA) is 40.8 Å². The van der Waals surface area contributed by atoms with Crippen LogP contribution in [0, 0.1) is 0 Å². The zero-order chi connectivity index (χ0) is 27.1.